The van der Waals surface area contributed by atoms with E-state index in [0.29, 0.717) is 5.69 Å². The van der Waals surface area contributed by atoms with Crippen molar-refractivity contribution in [3.63, 3.8) is 0 Å². The number of carboxylic acid groups (broad SMARTS) is 1. The quantitative estimate of drug-likeness (QED) is 0.735. The van der Waals surface area contributed by atoms with Crippen molar-refractivity contribution in [2.45, 2.75) is 6.36 Å². The Bertz CT molecular complexity index is 905. The van der Waals surface area contributed by atoms with Crippen molar-refractivity contribution in [1.29, 1.82) is 0 Å². The standard InChI is InChI=1S/C17H11F3N2O3/c18-17(19,20)25-14-8-4-7-11(16(23)24)15(14)13-9-12(21-22-13)10-5-2-1-3-6-10/h1-9H,(H,21,22)(H,23,24). The second kappa shape index (κ2) is 6.31. The molecule has 0 spiro atoms. The van der Waals surface area contributed by atoms with Crippen molar-refractivity contribution >= 4 is 5.97 Å². The zero-order valence-corrected chi connectivity index (χ0v) is 12.5. The van der Waals surface area contributed by atoms with Gasteiger partial charge >= 0.3 is 12.3 Å². The lowest BCUT2D eigenvalue weighted by atomic mass is 10.0. The molecule has 3 rings (SSSR count). The molecule has 0 aliphatic carbocycles. The van der Waals surface area contributed by atoms with Gasteiger partial charge in [0.05, 0.1) is 22.5 Å². The summed E-state index contributed by atoms with van der Waals surface area (Å²) in [6, 6.07) is 13.8. The molecule has 0 aliphatic rings. The van der Waals surface area contributed by atoms with E-state index in [1.807, 2.05) is 6.07 Å². The van der Waals surface area contributed by atoms with Crippen LogP contribution in [0.25, 0.3) is 22.5 Å². The molecule has 2 N–H and O–H groups in total. The van der Waals surface area contributed by atoms with E-state index in [0.717, 1.165) is 11.6 Å². The van der Waals surface area contributed by atoms with Crippen LogP contribution in [-0.2, 0) is 0 Å². The summed E-state index contributed by atoms with van der Waals surface area (Å²) < 4.78 is 41.9. The van der Waals surface area contributed by atoms with Gasteiger partial charge in [0.25, 0.3) is 0 Å². The van der Waals surface area contributed by atoms with Crippen LogP contribution in [0.1, 0.15) is 10.4 Å². The van der Waals surface area contributed by atoms with Crippen LogP contribution in [0, 0.1) is 0 Å². The molecule has 128 valence electrons. The van der Waals surface area contributed by atoms with E-state index in [1.165, 1.54) is 18.2 Å². The average Bonchev–Trinajstić information content (AvgIpc) is 3.03. The number of aromatic amines is 1. The molecule has 0 atom stereocenters. The van der Waals surface area contributed by atoms with Crippen molar-refractivity contribution in [2.75, 3.05) is 0 Å². The van der Waals surface area contributed by atoms with Crippen LogP contribution in [0.2, 0.25) is 0 Å². The van der Waals surface area contributed by atoms with Gasteiger partial charge in [-0.15, -0.1) is 13.2 Å². The number of hydrogen-bond donors (Lipinski definition) is 2. The maximum atomic E-state index is 12.6. The Morgan fingerprint density at radius 3 is 2.44 bits per heavy atom. The lowest BCUT2D eigenvalue weighted by molar-refractivity contribution is -0.274. The van der Waals surface area contributed by atoms with Crippen molar-refractivity contribution in [1.82, 2.24) is 10.2 Å². The first kappa shape index (κ1) is 16.6. The van der Waals surface area contributed by atoms with E-state index >= 15 is 0 Å². The van der Waals surface area contributed by atoms with Gasteiger partial charge in [-0.1, -0.05) is 36.4 Å². The van der Waals surface area contributed by atoms with E-state index in [2.05, 4.69) is 14.9 Å². The van der Waals surface area contributed by atoms with Crippen molar-refractivity contribution < 1.29 is 27.8 Å². The summed E-state index contributed by atoms with van der Waals surface area (Å²) in [6.07, 6.45) is -4.95. The maximum Gasteiger partial charge on any atom is 0.573 e. The molecule has 5 nitrogen and oxygen atoms in total. The molecule has 25 heavy (non-hydrogen) atoms. The molecule has 0 aliphatic heterocycles. The molecule has 1 aromatic heterocycles. The topological polar surface area (TPSA) is 75.2 Å². The smallest absolute Gasteiger partial charge is 0.478 e. The average molecular weight is 348 g/mol. The predicted octanol–water partition coefficient (Wildman–Crippen LogP) is 4.34. The normalized spacial score (nSPS) is 11.3. The van der Waals surface area contributed by atoms with E-state index in [-0.39, 0.29) is 16.8 Å². The molecule has 8 heteroatoms. The number of benzene rings is 2. The number of hydrogen-bond acceptors (Lipinski definition) is 3. The summed E-state index contributed by atoms with van der Waals surface area (Å²) >= 11 is 0. The minimum Gasteiger partial charge on any atom is -0.478 e. The fourth-order valence-electron chi connectivity index (χ4n) is 2.40. The summed E-state index contributed by atoms with van der Waals surface area (Å²) in [7, 11) is 0. The molecule has 0 amide bonds. The van der Waals surface area contributed by atoms with Gasteiger partial charge in [0.2, 0.25) is 0 Å². The van der Waals surface area contributed by atoms with Crippen LogP contribution < -0.4 is 4.74 Å². The molecule has 0 unspecified atom stereocenters. The lowest BCUT2D eigenvalue weighted by Crippen LogP contribution is -2.18. The summed E-state index contributed by atoms with van der Waals surface area (Å²) in [5, 5.41) is 15.9. The second-order valence-corrected chi connectivity index (χ2v) is 5.06. The van der Waals surface area contributed by atoms with Gasteiger partial charge in [0.1, 0.15) is 5.75 Å². The predicted molar refractivity (Wildman–Crippen MR) is 83.1 cm³/mol. The zero-order valence-electron chi connectivity index (χ0n) is 12.5. The van der Waals surface area contributed by atoms with Crippen molar-refractivity contribution in [3.05, 3.63) is 60.2 Å². The lowest BCUT2D eigenvalue weighted by Gasteiger charge is -2.14. The van der Waals surface area contributed by atoms with E-state index in [4.69, 9.17) is 0 Å². The highest BCUT2D eigenvalue weighted by molar-refractivity contribution is 5.97. The third kappa shape index (κ3) is 3.63. The van der Waals surface area contributed by atoms with Gasteiger partial charge in [-0.25, -0.2) is 4.79 Å². The highest BCUT2D eigenvalue weighted by Crippen LogP contribution is 2.37. The number of ether oxygens (including phenoxy) is 1. The number of nitrogens with zero attached hydrogens (tertiary/aromatic N) is 1. The van der Waals surface area contributed by atoms with E-state index in [1.54, 1.807) is 24.3 Å². The van der Waals surface area contributed by atoms with E-state index < -0.39 is 18.1 Å². The Morgan fingerprint density at radius 1 is 1.08 bits per heavy atom. The molecule has 2 aromatic carbocycles. The van der Waals surface area contributed by atoms with Crippen molar-refractivity contribution in [2.24, 2.45) is 0 Å². The number of alkyl halides is 3. The first-order valence-electron chi connectivity index (χ1n) is 7.08. The highest BCUT2D eigenvalue weighted by atomic mass is 19.4. The SMILES string of the molecule is O=C(O)c1cccc(OC(F)(F)F)c1-c1cc(-c2ccccc2)n[nH]1. The fourth-order valence-corrected chi connectivity index (χ4v) is 2.40. The molecule has 0 fully saturated rings. The summed E-state index contributed by atoms with van der Waals surface area (Å²) in [6.45, 7) is 0. The minimum atomic E-state index is -4.95. The van der Waals surface area contributed by atoms with Crippen LogP contribution in [0.4, 0.5) is 13.2 Å². The van der Waals surface area contributed by atoms with Crippen LogP contribution in [0.15, 0.2) is 54.6 Å². The summed E-state index contributed by atoms with van der Waals surface area (Å²) in [5.41, 5.74) is 0.757. The number of aromatic nitrogens is 2. The number of carbonyl (C=O) groups is 1. The number of aromatic carboxylic acids is 1. The highest BCUT2D eigenvalue weighted by Gasteiger charge is 2.33. The number of H-pyrrole nitrogens is 1. The van der Waals surface area contributed by atoms with E-state index in [9.17, 15) is 23.1 Å². The maximum absolute atomic E-state index is 12.6. The number of carboxylic acids is 1. The van der Waals surface area contributed by atoms with Gasteiger partial charge in [-0.05, 0) is 18.2 Å². The van der Waals surface area contributed by atoms with Crippen LogP contribution in [0.5, 0.6) is 5.75 Å². The molecular formula is C17H11F3N2O3. The first-order chi connectivity index (χ1) is 11.8. The molecule has 3 aromatic rings. The molecule has 0 saturated carbocycles. The summed E-state index contributed by atoms with van der Waals surface area (Å²) in [4.78, 5) is 11.4. The largest absolute Gasteiger partial charge is 0.573 e. The van der Waals surface area contributed by atoms with Gasteiger partial charge in [0, 0.05) is 5.56 Å². The zero-order chi connectivity index (χ0) is 18.0. The third-order valence-electron chi connectivity index (χ3n) is 3.40. The van der Waals surface area contributed by atoms with Crippen LogP contribution in [0.3, 0.4) is 0 Å². The fraction of sp³-hybridized carbons (Fsp3) is 0.0588. The second-order valence-electron chi connectivity index (χ2n) is 5.06. The Kier molecular flexibility index (Phi) is 4.18. The Morgan fingerprint density at radius 2 is 1.80 bits per heavy atom. The Hall–Kier alpha value is -3.29. The third-order valence-corrected chi connectivity index (χ3v) is 3.40. The number of halogens is 3. The first-order valence-corrected chi connectivity index (χ1v) is 7.08. The van der Waals surface area contributed by atoms with Crippen LogP contribution in [-0.4, -0.2) is 27.6 Å². The monoisotopic (exact) mass is 348 g/mol. The number of nitrogens with one attached hydrogen (secondary N) is 1. The molecule has 0 radical (unpaired) electrons. The van der Waals surface area contributed by atoms with Gasteiger partial charge in [-0.2, -0.15) is 5.10 Å². The molecule has 1 heterocycles. The van der Waals surface area contributed by atoms with Crippen molar-refractivity contribution in [3.8, 4) is 28.3 Å². The Labute approximate surface area is 139 Å². The minimum absolute atomic E-state index is 0.108. The van der Waals surface area contributed by atoms with Gasteiger partial charge < -0.3 is 9.84 Å². The summed E-state index contributed by atoms with van der Waals surface area (Å²) in [5.74, 6) is -1.99. The number of rotatable bonds is 4. The van der Waals surface area contributed by atoms with Crippen LogP contribution >= 0.6 is 0 Å². The molecular weight excluding hydrogens is 337 g/mol. The van der Waals surface area contributed by atoms with Gasteiger partial charge in [0.15, 0.2) is 0 Å². The van der Waals surface area contributed by atoms with Gasteiger partial charge in [-0.3, -0.25) is 5.10 Å². The Balaban J connectivity index is 2.12. The molecule has 0 saturated heterocycles. The molecule has 0 bridgehead atoms.